The number of aliphatic imine (C=N–C) groups is 1. The summed E-state index contributed by atoms with van der Waals surface area (Å²) in [6.45, 7) is 8.15. The van der Waals surface area contributed by atoms with E-state index in [4.69, 9.17) is 9.73 Å². The summed E-state index contributed by atoms with van der Waals surface area (Å²) in [5.41, 5.74) is 3.79. The summed E-state index contributed by atoms with van der Waals surface area (Å²) in [4.78, 5) is 8.17. The van der Waals surface area contributed by atoms with Crippen LogP contribution in [-0.2, 0) is 11.2 Å². The number of fused-ring (bicyclic) bond motifs is 1. The van der Waals surface area contributed by atoms with Gasteiger partial charge >= 0.3 is 0 Å². The van der Waals surface area contributed by atoms with E-state index in [2.05, 4.69) is 53.9 Å². The summed E-state index contributed by atoms with van der Waals surface area (Å²) in [6, 6.07) is 6.41. The van der Waals surface area contributed by atoms with Crippen molar-refractivity contribution in [2.45, 2.75) is 33.1 Å². The molecule has 1 aromatic heterocycles. The number of nitrogens with one attached hydrogen (secondary N) is 3. The lowest BCUT2D eigenvalue weighted by atomic mass is 9.84. The average molecular weight is 500 g/mol. The molecule has 0 bridgehead atoms. The predicted molar refractivity (Wildman–Crippen MR) is 126 cm³/mol. The smallest absolute Gasteiger partial charge is 0.191 e. The number of halogens is 1. The Labute approximate surface area is 184 Å². The molecule has 1 fully saturated rings. The van der Waals surface area contributed by atoms with Crippen molar-refractivity contribution in [2.75, 3.05) is 39.5 Å². The van der Waals surface area contributed by atoms with Gasteiger partial charge in [0.2, 0.25) is 0 Å². The molecule has 4 N–H and O–H groups in total. The van der Waals surface area contributed by atoms with Crippen LogP contribution in [0.5, 0.6) is 0 Å². The van der Waals surface area contributed by atoms with Crippen LogP contribution in [0.25, 0.3) is 10.9 Å². The fourth-order valence-electron chi connectivity index (χ4n) is 3.76. The van der Waals surface area contributed by atoms with E-state index >= 15 is 0 Å². The summed E-state index contributed by atoms with van der Waals surface area (Å²) in [6.07, 6.45) is 4.74. The molecule has 1 unspecified atom stereocenters. The molecule has 6 nitrogen and oxygen atoms in total. The van der Waals surface area contributed by atoms with E-state index in [-0.39, 0.29) is 36.0 Å². The van der Waals surface area contributed by atoms with Gasteiger partial charge in [0, 0.05) is 48.8 Å². The van der Waals surface area contributed by atoms with Crippen LogP contribution in [0.2, 0.25) is 0 Å². The number of benzene rings is 1. The summed E-state index contributed by atoms with van der Waals surface area (Å²) >= 11 is 0. The van der Waals surface area contributed by atoms with Gasteiger partial charge in [-0.15, -0.1) is 24.0 Å². The number of aliphatic hydroxyl groups excluding tert-OH is 1. The minimum atomic E-state index is -0.0224. The second-order valence-electron chi connectivity index (χ2n) is 7.46. The second-order valence-corrected chi connectivity index (χ2v) is 7.46. The summed E-state index contributed by atoms with van der Waals surface area (Å²) < 4.78 is 5.56. The van der Waals surface area contributed by atoms with E-state index in [1.165, 1.54) is 22.0 Å². The van der Waals surface area contributed by atoms with Crippen molar-refractivity contribution in [3.05, 3.63) is 35.5 Å². The maximum atomic E-state index is 9.38. The van der Waals surface area contributed by atoms with Crippen LogP contribution < -0.4 is 10.6 Å². The monoisotopic (exact) mass is 500 g/mol. The first-order valence-electron chi connectivity index (χ1n) is 9.94. The zero-order valence-electron chi connectivity index (χ0n) is 16.9. The molecule has 1 saturated heterocycles. The minimum Gasteiger partial charge on any atom is -0.396 e. The van der Waals surface area contributed by atoms with Crippen LogP contribution in [0.1, 0.15) is 30.9 Å². The normalized spacial score (nSPS) is 19.6. The van der Waals surface area contributed by atoms with Gasteiger partial charge in [-0.1, -0.05) is 18.2 Å². The molecule has 1 aliphatic heterocycles. The molecular weight excluding hydrogens is 467 g/mol. The van der Waals surface area contributed by atoms with Crippen molar-refractivity contribution in [3.8, 4) is 0 Å². The highest BCUT2D eigenvalue weighted by Crippen LogP contribution is 2.32. The molecule has 0 aliphatic carbocycles. The standard InChI is InChI=1S/C21H32N4O2.HI/c1-3-22-20(25-14-21(8-11-26)9-12-27-15-21)23-10-7-17-13-24-19-16(2)5-4-6-18(17)19;/h4-6,13,24,26H,3,7-12,14-15H2,1-2H3,(H2,22,23,25);1H. The van der Waals surface area contributed by atoms with Gasteiger partial charge in [0.15, 0.2) is 5.96 Å². The number of aromatic amines is 1. The molecule has 0 spiro atoms. The lowest BCUT2D eigenvalue weighted by Crippen LogP contribution is -2.39. The Hall–Kier alpha value is -1.32. The van der Waals surface area contributed by atoms with Crippen molar-refractivity contribution in [3.63, 3.8) is 0 Å². The Morgan fingerprint density at radius 2 is 2.21 bits per heavy atom. The van der Waals surface area contributed by atoms with E-state index in [1.54, 1.807) is 0 Å². The molecule has 1 atom stereocenters. The molecule has 1 aliphatic rings. The number of aliphatic hydroxyl groups is 1. The molecule has 3 rings (SSSR count). The number of para-hydroxylation sites is 1. The van der Waals surface area contributed by atoms with Gasteiger partial charge in [0.1, 0.15) is 0 Å². The number of H-pyrrole nitrogens is 1. The molecule has 2 aromatic rings. The Morgan fingerprint density at radius 3 is 2.93 bits per heavy atom. The number of hydrogen-bond donors (Lipinski definition) is 4. The highest BCUT2D eigenvalue weighted by Gasteiger charge is 2.34. The second kappa shape index (κ2) is 11.0. The van der Waals surface area contributed by atoms with Gasteiger partial charge in [-0.2, -0.15) is 0 Å². The van der Waals surface area contributed by atoms with Crippen LogP contribution in [0.3, 0.4) is 0 Å². The van der Waals surface area contributed by atoms with Gasteiger partial charge in [-0.05, 0) is 44.2 Å². The average Bonchev–Trinajstić information content (AvgIpc) is 3.29. The Morgan fingerprint density at radius 1 is 1.36 bits per heavy atom. The first-order valence-corrected chi connectivity index (χ1v) is 9.94. The molecular formula is C21H33IN4O2. The van der Waals surface area contributed by atoms with Crippen molar-refractivity contribution in [1.29, 1.82) is 0 Å². The molecule has 2 heterocycles. The third kappa shape index (κ3) is 5.61. The van der Waals surface area contributed by atoms with Crippen LogP contribution in [0.15, 0.2) is 29.4 Å². The van der Waals surface area contributed by atoms with Crippen molar-refractivity contribution in [1.82, 2.24) is 15.6 Å². The van der Waals surface area contributed by atoms with E-state index in [0.29, 0.717) is 13.2 Å². The quantitative estimate of drug-likeness (QED) is 0.255. The highest BCUT2D eigenvalue weighted by molar-refractivity contribution is 14.0. The number of rotatable bonds is 8. The first-order chi connectivity index (χ1) is 13.2. The lowest BCUT2D eigenvalue weighted by molar-refractivity contribution is 0.131. The largest absolute Gasteiger partial charge is 0.396 e. The minimum absolute atomic E-state index is 0. The zero-order valence-corrected chi connectivity index (χ0v) is 19.2. The number of aryl methyl sites for hydroxylation is 1. The van der Waals surface area contributed by atoms with Crippen LogP contribution in [0, 0.1) is 12.3 Å². The van der Waals surface area contributed by atoms with E-state index in [9.17, 15) is 5.11 Å². The van der Waals surface area contributed by atoms with Gasteiger partial charge < -0.3 is 25.5 Å². The third-order valence-electron chi connectivity index (χ3n) is 5.44. The fourth-order valence-corrected chi connectivity index (χ4v) is 3.76. The van der Waals surface area contributed by atoms with Gasteiger partial charge in [-0.25, -0.2) is 0 Å². The van der Waals surface area contributed by atoms with Crippen molar-refractivity contribution >= 4 is 40.8 Å². The van der Waals surface area contributed by atoms with E-state index in [0.717, 1.165) is 44.9 Å². The first kappa shape index (κ1) is 23.0. The maximum Gasteiger partial charge on any atom is 0.191 e. The lowest BCUT2D eigenvalue weighted by Gasteiger charge is -2.24. The fraction of sp³-hybridized carbons (Fsp3) is 0.571. The van der Waals surface area contributed by atoms with E-state index < -0.39 is 0 Å². The van der Waals surface area contributed by atoms with Crippen LogP contribution in [0.4, 0.5) is 0 Å². The molecule has 0 amide bonds. The number of guanidine groups is 1. The molecule has 7 heteroatoms. The van der Waals surface area contributed by atoms with Crippen LogP contribution in [-0.4, -0.2) is 55.5 Å². The summed E-state index contributed by atoms with van der Waals surface area (Å²) in [7, 11) is 0. The van der Waals surface area contributed by atoms with Gasteiger partial charge in [-0.3, -0.25) is 4.99 Å². The number of ether oxygens (including phenoxy) is 1. The topological polar surface area (TPSA) is 81.7 Å². The van der Waals surface area contributed by atoms with Crippen molar-refractivity contribution in [2.24, 2.45) is 10.4 Å². The summed E-state index contributed by atoms with van der Waals surface area (Å²) in [5.74, 6) is 0.831. The predicted octanol–water partition coefficient (Wildman–Crippen LogP) is 2.98. The van der Waals surface area contributed by atoms with Gasteiger partial charge in [0.05, 0.1) is 13.2 Å². The maximum absolute atomic E-state index is 9.38. The van der Waals surface area contributed by atoms with Gasteiger partial charge in [0.25, 0.3) is 0 Å². The Kier molecular flexibility index (Phi) is 9.04. The van der Waals surface area contributed by atoms with E-state index in [1.807, 2.05) is 0 Å². The number of aromatic nitrogens is 1. The molecule has 1 aromatic carbocycles. The van der Waals surface area contributed by atoms with Crippen LogP contribution >= 0.6 is 24.0 Å². The number of nitrogens with zero attached hydrogens (tertiary/aromatic N) is 1. The third-order valence-corrected chi connectivity index (χ3v) is 5.44. The molecule has 156 valence electrons. The summed E-state index contributed by atoms with van der Waals surface area (Å²) in [5, 5.41) is 17.4. The zero-order chi connectivity index (χ0) is 19.1. The highest BCUT2D eigenvalue weighted by atomic mass is 127. The molecule has 28 heavy (non-hydrogen) atoms. The molecule has 0 saturated carbocycles. The number of hydrogen-bond acceptors (Lipinski definition) is 3. The molecule has 0 radical (unpaired) electrons. The Balaban J connectivity index is 0.00000280. The van der Waals surface area contributed by atoms with Crippen molar-refractivity contribution < 1.29 is 9.84 Å². The SMILES string of the molecule is CCNC(=NCC1(CCO)CCOC1)NCCc1c[nH]c2c(C)cccc12.I. The Bertz CT molecular complexity index is 769.